The summed E-state index contributed by atoms with van der Waals surface area (Å²) in [5, 5.41) is 0. The van der Waals surface area contributed by atoms with E-state index in [0.717, 1.165) is 18.5 Å². The van der Waals surface area contributed by atoms with Crippen LogP contribution in [0.1, 0.15) is 34.6 Å². The van der Waals surface area contributed by atoms with Crippen molar-refractivity contribution >= 4 is 19.2 Å². The van der Waals surface area contributed by atoms with Crippen molar-refractivity contribution in [3.63, 3.8) is 0 Å². The lowest BCUT2D eigenvalue weighted by Crippen LogP contribution is -3.00. The summed E-state index contributed by atoms with van der Waals surface area (Å²) in [6.45, 7) is 10.2. The molecule has 0 bridgehead atoms. The quantitative estimate of drug-likeness (QED) is 0.238. The predicted octanol–water partition coefficient (Wildman–Crippen LogP) is -0.437. The average Bonchev–Trinajstić information content (AvgIpc) is 2.36. The van der Waals surface area contributed by atoms with Gasteiger partial charge < -0.3 is 33.5 Å². The lowest BCUT2D eigenvalue weighted by atomic mass is 10.4. The molecule has 0 rings (SSSR count). The van der Waals surface area contributed by atoms with Gasteiger partial charge in [-0.15, -0.1) is 0 Å². The van der Waals surface area contributed by atoms with E-state index in [0.29, 0.717) is 13.2 Å². The van der Waals surface area contributed by atoms with Crippen LogP contribution < -0.4 is 24.0 Å². The number of esters is 2. The van der Waals surface area contributed by atoms with Gasteiger partial charge in [0.25, 0.3) is 5.66 Å². The zero-order valence-corrected chi connectivity index (χ0v) is 15.6. The topological polar surface area (TPSA) is 52.6 Å². The summed E-state index contributed by atoms with van der Waals surface area (Å²) in [5.41, 5.74) is -0.697. The highest BCUT2D eigenvalue weighted by Gasteiger charge is 2.52. The Hall–Kier alpha value is 0.1000. The molecule has 0 fully saturated rings. The van der Waals surface area contributed by atoms with Gasteiger partial charge in [0.2, 0.25) is 0 Å². The first-order chi connectivity index (χ1) is 8.52. The molecule has 0 aromatic heterocycles. The van der Waals surface area contributed by atoms with E-state index in [2.05, 4.69) is 0 Å². The zero-order valence-electron chi connectivity index (χ0n) is 12.6. The van der Waals surface area contributed by atoms with Crippen molar-refractivity contribution in [3.05, 3.63) is 0 Å². The molecule has 0 amide bonds. The van der Waals surface area contributed by atoms with Crippen LogP contribution in [-0.4, -0.2) is 49.3 Å². The molecule has 0 aliphatic carbocycles. The van der Waals surface area contributed by atoms with Gasteiger partial charge in [-0.25, -0.2) is 9.59 Å². The molecular formula is C13H26IO4P. The van der Waals surface area contributed by atoms with Crippen molar-refractivity contribution in [1.29, 1.82) is 0 Å². The lowest BCUT2D eigenvalue weighted by Gasteiger charge is -2.29. The molecule has 0 aromatic carbocycles. The Balaban J connectivity index is 0. The van der Waals surface area contributed by atoms with Crippen LogP contribution in [0.5, 0.6) is 0 Å². The Morgan fingerprint density at radius 2 is 1.16 bits per heavy atom. The van der Waals surface area contributed by atoms with Gasteiger partial charge in [0, 0.05) is 7.26 Å². The van der Waals surface area contributed by atoms with Gasteiger partial charge in [-0.1, -0.05) is 0 Å². The Morgan fingerprint density at radius 1 is 0.842 bits per heavy atom. The molecular weight excluding hydrogens is 378 g/mol. The lowest BCUT2D eigenvalue weighted by molar-refractivity contribution is -0.153. The number of carbonyl (C=O) groups is 2. The minimum atomic E-state index is -1.67. The molecule has 0 spiro atoms. The average molecular weight is 404 g/mol. The SMILES string of the molecule is CCOC(=O)C(C(=O)OCC)[P+](CC)(CC)CC.[I-]. The van der Waals surface area contributed by atoms with Gasteiger partial charge in [-0.05, 0) is 34.6 Å². The summed E-state index contributed by atoms with van der Waals surface area (Å²) >= 11 is 0. The predicted molar refractivity (Wildman–Crippen MR) is 75.6 cm³/mol. The number of halogens is 1. The number of hydrogen-bond donors (Lipinski definition) is 0. The number of hydrogen-bond acceptors (Lipinski definition) is 4. The highest BCUT2D eigenvalue weighted by atomic mass is 127. The van der Waals surface area contributed by atoms with E-state index < -0.39 is 24.9 Å². The summed E-state index contributed by atoms with van der Waals surface area (Å²) in [5.74, 6) is -0.815. The Morgan fingerprint density at radius 3 is 1.37 bits per heavy atom. The van der Waals surface area contributed by atoms with Crippen LogP contribution in [0.25, 0.3) is 0 Å². The van der Waals surface area contributed by atoms with Gasteiger partial charge in [0.15, 0.2) is 0 Å². The Bertz CT molecular complexity index is 254. The molecule has 0 atom stereocenters. The molecule has 0 heterocycles. The van der Waals surface area contributed by atoms with E-state index in [4.69, 9.17) is 9.47 Å². The smallest absolute Gasteiger partial charge is 0.358 e. The largest absolute Gasteiger partial charge is 1.00 e. The Kier molecular flexibility index (Phi) is 12.2. The maximum absolute atomic E-state index is 12.1. The highest BCUT2D eigenvalue weighted by Crippen LogP contribution is 2.62. The maximum Gasteiger partial charge on any atom is 0.358 e. The zero-order chi connectivity index (χ0) is 14.2. The van der Waals surface area contributed by atoms with Crippen molar-refractivity contribution in [2.45, 2.75) is 40.3 Å². The van der Waals surface area contributed by atoms with Crippen molar-refractivity contribution in [1.82, 2.24) is 0 Å². The van der Waals surface area contributed by atoms with Gasteiger partial charge in [-0.2, -0.15) is 0 Å². The molecule has 0 unspecified atom stereocenters. The van der Waals surface area contributed by atoms with Gasteiger partial charge in [0.05, 0.1) is 31.7 Å². The van der Waals surface area contributed by atoms with Crippen LogP contribution in [0, 0.1) is 0 Å². The molecule has 6 heteroatoms. The first kappa shape index (κ1) is 21.4. The van der Waals surface area contributed by atoms with Gasteiger partial charge in [-0.3, -0.25) is 0 Å². The maximum atomic E-state index is 12.1. The fourth-order valence-corrected chi connectivity index (χ4v) is 5.68. The van der Waals surface area contributed by atoms with E-state index in [9.17, 15) is 9.59 Å². The van der Waals surface area contributed by atoms with E-state index in [1.54, 1.807) is 13.8 Å². The van der Waals surface area contributed by atoms with E-state index in [-0.39, 0.29) is 24.0 Å². The second-order valence-electron chi connectivity index (χ2n) is 4.07. The number of carbonyl (C=O) groups excluding carboxylic acids is 2. The van der Waals surface area contributed by atoms with Crippen molar-refractivity contribution in [2.24, 2.45) is 0 Å². The summed E-state index contributed by atoms with van der Waals surface area (Å²) in [7, 11) is -1.67. The fraction of sp³-hybridized carbons (Fsp3) is 0.846. The van der Waals surface area contributed by atoms with Crippen LogP contribution in [0.3, 0.4) is 0 Å². The molecule has 0 radical (unpaired) electrons. The molecule has 0 N–H and O–H groups in total. The molecule has 0 aromatic rings. The monoisotopic (exact) mass is 404 g/mol. The van der Waals surface area contributed by atoms with E-state index >= 15 is 0 Å². The third-order valence-corrected chi connectivity index (χ3v) is 8.75. The normalized spacial score (nSPS) is 10.8. The number of ether oxygens (including phenoxy) is 2. The van der Waals surface area contributed by atoms with Crippen molar-refractivity contribution in [3.8, 4) is 0 Å². The molecule has 114 valence electrons. The van der Waals surface area contributed by atoms with Crippen LogP contribution in [-0.2, 0) is 19.1 Å². The van der Waals surface area contributed by atoms with Gasteiger partial charge >= 0.3 is 11.9 Å². The first-order valence-corrected chi connectivity index (χ1v) is 9.13. The first-order valence-electron chi connectivity index (χ1n) is 6.71. The van der Waals surface area contributed by atoms with E-state index in [1.165, 1.54) is 0 Å². The summed E-state index contributed by atoms with van der Waals surface area (Å²) in [6, 6.07) is 0. The second-order valence-corrected chi connectivity index (χ2v) is 8.92. The molecule has 0 saturated heterocycles. The van der Waals surface area contributed by atoms with Crippen molar-refractivity contribution in [2.75, 3.05) is 31.7 Å². The third kappa shape index (κ3) is 5.54. The molecule has 4 nitrogen and oxygen atoms in total. The molecule has 0 aliphatic heterocycles. The summed E-state index contributed by atoms with van der Waals surface area (Å²) in [6.07, 6.45) is 2.59. The van der Waals surface area contributed by atoms with Crippen molar-refractivity contribution < 1.29 is 43.0 Å². The minimum Gasteiger partial charge on any atom is -1.00 e. The molecule has 19 heavy (non-hydrogen) atoms. The molecule has 0 saturated carbocycles. The highest BCUT2D eigenvalue weighted by molar-refractivity contribution is 7.78. The summed E-state index contributed by atoms with van der Waals surface area (Å²) < 4.78 is 10.1. The van der Waals surface area contributed by atoms with Crippen LogP contribution in [0.4, 0.5) is 0 Å². The number of rotatable bonds is 8. The third-order valence-electron chi connectivity index (χ3n) is 3.46. The van der Waals surface area contributed by atoms with E-state index in [1.807, 2.05) is 20.8 Å². The molecule has 0 aliphatic rings. The second kappa shape index (κ2) is 10.8. The van der Waals surface area contributed by atoms with Crippen LogP contribution >= 0.6 is 7.26 Å². The minimum absolute atomic E-state index is 0. The van der Waals surface area contributed by atoms with Crippen LogP contribution in [0.2, 0.25) is 0 Å². The van der Waals surface area contributed by atoms with Gasteiger partial charge in [0.1, 0.15) is 0 Å². The Labute approximate surface area is 134 Å². The summed E-state index contributed by atoms with van der Waals surface area (Å²) in [4.78, 5) is 24.2. The standard InChI is InChI=1S/C13H26O4P.HI/c1-6-16-12(14)11(13(15)17-7-2)18(8-3,9-4)10-5;/h11H,6-10H2,1-5H3;1H/q+1;/p-1. The van der Waals surface area contributed by atoms with Crippen LogP contribution in [0.15, 0.2) is 0 Å². The fourth-order valence-electron chi connectivity index (χ4n) is 2.20.